The van der Waals surface area contributed by atoms with E-state index in [4.69, 9.17) is 0 Å². The maximum Gasteiger partial charge on any atom is 0.256 e. The maximum atomic E-state index is 12.0. The molecule has 0 saturated heterocycles. The van der Waals surface area contributed by atoms with E-state index in [2.05, 4.69) is 24.3 Å². The number of amidine groups is 1. The monoisotopic (exact) mass is 353 g/mol. The summed E-state index contributed by atoms with van der Waals surface area (Å²) < 4.78 is 0. The summed E-state index contributed by atoms with van der Waals surface area (Å²) in [6.07, 6.45) is 1.34. The van der Waals surface area contributed by atoms with E-state index in [0.717, 1.165) is 0 Å². The summed E-state index contributed by atoms with van der Waals surface area (Å²) in [5, 5.41) is 8.15. The summed E-state index contributed by atoms with van der Waals surface area (Å²) in [6, 6.07) is 17.9. The van der Waals surface area contributed by atoms with Gasteiger partial charge in [0.25, 0.3) is 11.8 Å². The minimum Gasteiger partial charge on any atom is -0.308 e. The molecular formula is C21H27N3O2. The topological polar surface area (TPSA) is 61.8 Å². The van der Waals surface area contributed by atoms with E-state index in [0.29, 0.717) is 17.1 Å². The van der Waals surface area contributed by atoms with Crippen LogP contribution in [0.25, 0.3) is 0 Å². The van der Waals surface area contributed by atoms with Crippen LogP contribution in [-0.4, -0.2) is 17.6 Å². The molecule has 0 spiro atoms. The van der Waals surface area contributed by atoms with Crippen LogP contribution in [0.15, 0.2) is 65.8 Å². The lowest BCUT2D eigenvalue weighted by Crippen LogP contribution is -2.29. The van der Waals surface area contributed by atoms with Crippen LogP contribution in [0.2, 0.25) is 0 Å². The third-order valence-electron chi connectivity index (χ3n) is 3.07. The Morgan fingerprint density at radius 3 is 2.04 bits per heavy atom. The van der Waals surface area contributed by atoms with Gasteiger partial charge in [-0.3, -0.25) is 9.59 Å². The van der Waals surface area contributed by atoms with Gasteiger partial charge in [0.2, 0.25) is 0 Å². The van der Waals surface area contributed by atoms with Gasteiger partial charge in [0.05, 0.1) is 12.1 Å². The average molecular weight is 353 g/mol. The number of hydrogen-bond acceptors (Lipinski definition) is 3. The molecule has 1 N–H and O–H groups in total. The van der Waals surface area contributed by atoms with Crippen LogP contribution in [0.4, 0.5) is 5.69 Å². The second-order valence-electron chi connectivity index (χ2n) is 5.29. The number of carbonyl (C=O) groups excluding carboxylic acids is 2. The first-order chi connectivity index (χ1) is 12.7. The number of anilines is 1. The third kappa shape index (κ3) is 6.16. The van der Waals surface area contributed by atoms with E-state index in [-0.39, 0.29) is 18.2 Å². The van der Waals surface area contributed by atoms with Crippen LogP contribution in [0.3, 0.4) is 0 Å². The van der Waals surface area contributed by atoms with Crippen LogP contribution in [-0.2, 0) is 4.79 Å². The molecule has 0 bridgehead atoms. The molecule has 0 radical (unpaired) electrons. The highest BCUT2D eigenvalue weighted by Crippen LogP contribution is 2.19. The number of rotatable bonds is 2. The van der Waals surface area contributed by atoms with Crippen molar-refractivity contribution in [3.05, 3.63) is 66.2 Å². The van der Waals surface area contributed by atoms with Crippen molar-refractivity contribution in [3.8, 4) is 0 Å². The second-order valence-corrected chi connectivity index (χ2v) is 5.29. The zero-order valence-electron chi connectivity index (χ0n) is 15.9. The normalized spacial score (nSPS) is 12.2. The summed E-state index contributed by atoms with van der Waals surface area (Å²) in [7, 11) is 0. The molecule has 138 valence electrons. The molecular weight excluding hydrogens is 326 g/mol. The van der Waals surface area contributed by atoms with E-state index in [1.807, 2.05) is 38.1 Å². The molecule has 3 rings (SSSR count). The summed E-state index contributed by atoms with van der Waals surface area (Å²) in [4.78, 5) is 24.0. The van der Waals surface area contributed by atoms with Gasteiger partial charge >= 0.3 is 0 Å². The van der Waals surface area contributed by atoms with E-state index in [1.165, 1.54) is 11.4 Å². The Morgan fingerprint density at radius 1 is 1.00 bits per heavy atom. The fraction of sp³-hybridized carbons (Fsp3) is 0.286. The van der Waals surface area contributed by atoms with Crippen LogP contribution in [0.1, 0.15) is 50.9 Å². The number of nitrogens with one attached hydrogen (secondary N) is 1. The smallest absolute Gasteiger partial charge is 0.256 e. The molecule has 2 amide bonds. The molecule has 0 aliphatic carbocycles. The molecule has 5 heteroatoms. The number of hydrazone groups is 1. The number of para-hydroxylation sites is 1. The van der Waals surface area contributed by atoms with Crippen LogP contribution in [0.5, 0.6) is 0 Å². The molecule has 1 aliphatic rings. The number of hydrogen-bond donors (Lipinski definition) is 1. The van der Waals surface area contributed by atoms with Gasteiger partial charge in [-0.05, 0) is 24.3 Å². The van der Waals surface area contributed by atoms with E-state index in [9.17, 15) is 9.59 Å². The number of carbonyl (C=O) groups is 2. The van der Waals surface area contributed by atoms with Gasteiger partial charge in [0.1, 0.15) is 5.84 Å². The van der Waals surface area contributed by atoms with Crippen LogP contribution >= 0.6 is 0 Å². The van der Waals surface area contributed by atoms with Gasteiger partial charge in [0, 0.05) is 5.56 Å². The summed E-state index contributed by atoms with van der Waals surface area (Å²) in [6.45, 7) is 8.25. The first-order valence-electron chi connectivity index (χ1n) is 8.97. The zero-order chi connectivity index (χ0) is 19.4. The van der Waals surface area contributed by atoms with Crippen LogP contribution in [0, 0.1) is 0 Å². The minimum atomic E-state index is -0.267. The van der Waals surface area contributed by atoms with Crippen molar-refractivity contribution in [1.82, 2.24) is 5.32 Å². The standard InChI is InChI=1S/C16H13N3O2.C3H8.C2H6/c20-15-11-14(17-16(21)12-7-3-1-4-8-12)18-19(15)13-9-5-2-6-10-13;1-3-2;1-2/h1-10H,11H2,(H,17,18,21);3H2,1-2H3;1-2H3. The van der Waals surface area contributed by atoms with Crippen molar-refractivity contribution in [2.75, 3.05) is 5.01 Å². The van der Waals surface area contributed by atoms with Gasteiger partial charge < -0.3 is 5.32 Å². The number of benzene rings is 2. The van der Waals surface area contributed by atoms with Gasteiger partial charge in [-0.2, -0.15) is 10.1 Å². The molecule has 5 nitrogen and oxygen atoms in total. The molecule has 0 atom stereocenters. The highest BCUT2D eigenvalue weighted by atomic mass is 16.2. The summed E-state index contributed by atoms with van der Waals surface area (Å²) >= 11 is 0. The lowest BCUT2D eigenvalue weighted by molar-refractivity contribution is -0.116. The lowest BCUT2D eigenvalue weighted by atomic mass is 10.2. The summed E-state index contributed by atoms with van der Waals surface area (Å²) in [5.74, 6) is -0.0701. The zero-order valence-corrected chi connectivity index (χ0v) is 15.9. The third-order valence-corrected chi connectivity index (χ3v) is 3.07. The molecule has 1 heterocycles. The van der Waals surface area contributed by atoms with E-state index in [1.54, 1.807) is 36.4 Å². The number of nitrogens with zero attached hydrogens (tertiary/aromatic N) is 2. The Morgan fingerprint density at radius 2 is 1.50 bits per heavy atom. The molecule has 0 saturated carbocycles. The molecule has 0 aromatic heterocycles. The van der Waals surface area contributed by atoms with Gasteiger partial charge in [0.15, 0.2) is 0 Å². The van der Waals surface area contributed by atoms with Gasteiger partial charge in [-0.25, -0.2) is 0 Å². The fourth-order valence-corrected chi connectivity index (χ4v) is 2.06. The van der Waals surface area contributed by atoms with Crippen molar-refractivity contribution < 1.29 is 9.59 Å². The Labute approximate surface area is 155 Å². The minimum absolute atomic E-state index is 0.0907. The Hall–Kier alpha value is -2.95. The average Bonchev–Trinajstić information content (AvgIpc) is 3.05. The summed E-state index contributed by atoms with van der Waals surface area (Å²) in [5.41, 5.74) is 1.22. The fourth-order valence-electron chi connectivity index (χ4n) is 2.06. The molecule has 2 aromatic rings. The molecule has 26 heavy (non-hydrogen) atoms. The number of amides is 2. The highest BCUT2D eigenvalue weighted by Gasteiger charge is 2.26. The SMILES string of the molecule is CC.CCC.O=C(NC1=NN(c2ccccc2)C(=O)C1)c1ccccc1. The van der Waals surface area contributed by atoms with Gasteiger partial charge in [-0.1, -0.05) is 70.5 Å². The van der Waals surface area contributed by atoms with E-state index >= 15 is 0 Å². The van der Waals surface area contributed by atoms with Crippen molar-refractivity contribution in [3.63, 3.8) is 0 Å². The first kappa shape index (κ1) is 21.1. The first-order valence-corrected chi connectivity index (χ1v) is 8.97. The maximum absolute atomic E-state index is 12.0. The predicted molar refractivity (Wildman–Crippen MR) is 107 cm³/mol. The quantitative estimate of drug-likeness (QED) is 0.857. The molecule has 2 aromatic carbocycles. The van der Waals surface area contributed by atoms with Crippen molar-refractivity contribution in [1.29, 1.82) is 0 Å². The second kappa shape index (κ2) is 11.6. The van der Waals surface area contributed by atoms with Crippen molar-refractivity contribution >= 4 is 23.3 Å². The van der Waals surface area contributed by atoms with Crippen LogP contribution < -0.4 is 10.3 Å². The van der Waals surface area contributed by atoms with E-state index < -0.39 is 0 Å². The van der Waals surface area contributed by atoms with Crippen molar-refractivity contribution in [2.24, 2.45) is 5.10 Å². The molecule has 0 unspecified atom stereocenters. The Bertz CT molecular complexity index is 713. The lowest BCUT2D eigenvalue weighted by Gasteiger charge is -2.10. The molecule has 1 aliphatic heterocycles. The molecule has 0 fully saturated rings. The Balaban J connectivity index is 0.000000615. The Kier molecular flexibility index (Phi) is 9.39. The highest BCUT2D eigenvalue weighted by molar-refractivity contribution is 6.17. The van der Waals surface area contributed by atoms with Crippen molar-refractivity contribution in [2.45, 2.75) is 40.5 Å². The largest absolute Gasteiger partial charge is 0.308 e. The predicted octanol–water partition coefficient (Wildman–Crippen LogP) is 4.61. The van der Waals surface area contributed by atoms with Gasteiger partial charge in [-0.15, -0.1) is 0 Å².